The number of carbonyl (C=O) groups is 5. The van der Waals surface area contributed by atoms with Crippen LogP contribution >= 0.6 is 0 Å². The van der Waals surface area contributed by atoms with Crippen LogP contribution in [0.4, 0.5) is 0 Å². The first kappa shape index (κ1) is 13.0. The Labute approximate surface area is 128 Å². The first-order chi connectivity index (χ1) is 11.7. The summed E-state index contributed by atoms with van der Waals surface area (Å²) in [6, 6.07) is 0. The summed E-state index contributed by atoms with van der Waals surface area (Å²) in [6.07, 6.45) is -7.68. The fourth-order valence-electron chi connectivity index (χ4n) is 1.75. The van der Waals surface area contributed by atoms with Crippen molar-refractivity contribution in [2.75, 3.05) is 0 Å². The van der Waals surface area contributed by atoms with Crippen molar-refractivity contribution >= 4 is 29.8 Å². The molecule has 122 valence electrons. The Balaban J connectivity index is 3.13. The molecule has 1 rings (SSSR count). The lowest BCUT2D eigenvalue weighted by molar-refractivity contribution is -0.181. The predicted octanol–water partition coefficient (Wildman–Crippen LogP) is -1.21. The first-order valence-electron chi connectivity index (χ1n) is 7.76. The number of esters is 4. The summed E-state index contributed by atoms with van der Waals surface area (Å²) in [4.78, 5) is 56.9. The third-order valence-electron chi connectivity index (χ3n) is 2.43. The Kier molecular flexibility index (Phi) is 4.07. The van der Waals surface area contributed by atoms with Gasteiger partial charge in [-0.1, -0.05) is 0 Å². The fraction of sp³-hybridized carbons (Fsp3) is 0.583. The van der Waals surface area contributed by atoms with Crippen molar-refractivity contribution in [1.82, 2.24) is 0 Å². The normalized spacial score (nSPS) is 26.6. The van der Waals surface area contributed by atoms with Crippen LogP contribution in [-0.4, -0.2) is 59.4 Å². The van der Waals surface area contributed by atoms with Crippen molar-refractivity contribution in [3.8, 4) is 0 Å². The molecule has 1 aliphatic rings. The average Bonchev–Trinajstić information content (AvgIpc) is 2.87. The Hall–Kier alpha value is -2.65. The molecule has 0 amide bonds. The zero-order valence-electron chi connectivity index (χ0n) is 14.1. The molecule has 0 aromatic carbocycles. The molecule has 10 heteroatoms. The minimum Gasteiger partial charge on any atom is -0.478 e. The van der Waals surface area contributed by atoms with Gasteiger partial charge in [-0.15, -0.1) is 0 Å². The molecule has 0 unspecified atom stereocenters. The van der Waals surface area contributed by atoms with Gasteiger partial charge >= 0.3 is 29.8 Å². The first-order valence-corrected chi connectivity index (χ1v) is 5.64. The van der Waals surface area contributed by atoms with Crippen molar-refractivity contribution < 1.29 is 52.1 Å². The molecule has 0 bridgehead atoms. The van der Waals surface area contributed by atoms with E-state index in [0.29, 0.717) is 0 Å². The molecular weight excluding hydrogens is 304 g/mol. The lowest BCUT2D eigenvalue weighted by atomic mass is 10.1. The SMILES string of the molecule is [2H]CC(=O)O[C@H]1[C@@H]([C@H](OC(=O)C[2H])C(=O)O)OC(=O)[C@@H]1OC(=O)C[2H]. The van der Waals surface area contributed by atoms with Crippen LogP contribution in [-0.2, 0) is 42.9 Å². The summed E-state index contributed by atoms with van der Waals surface area (Å²) < 4.78 is 39.1. The van der Waals surface area contributed by atoms with Crippen molar-refractivity contribution in [2.24, 2.45) is 0 Å². The van der Waals surface area contributed by atoms with E-state index in [-0.39, 0.29) is 0 Å². The zero-order valence-corrected chi connectivity index (χ0v) is 11.1. The summed E-state index contributed by atoms with van der Waals surface area (Å²) in [7, 11) is 0. The molecular formula is C12H14O10. The van der Waals surface area contributed by atoms with Gasteiger partial charge in [0, 0.05) is 24.8 Å². The molecule has 0 aliphatic carbocycles. The van der Waals surface area contributed by atoms with E-state index in [1.807, 2.05) is 0 Å². The van der Waals surface area contributed by atoms with Crippen LogP contribution in [0.25, 0.3) is 0 Å². The van der Waals surface area contributed by atoms with Crippen molar-refractivity contribution in [1.29, 1.82) is 0 Å². The Bertz CT molecular complexity index is 565. The van der Waals surface area contributed by atoms with Gasteiger partial charge in [0.05, 0.1) is 0 Å². The van der Waals surface area contributed by atoms with Gasteiger partial charge < -0.3 is 24.1 Å². The van der Waals surface area contributed by atoms with Crippen LogP contribution < -0.4 is 0 Å². The molecule has 4 atom stereocenters. The van der Waals surface area contributed by atoms with Crippen molar-refractivity contribution in [2.45, 2.75) is 45.1 Å². The number of hydrogen-bond donors (Lipinski definition) is 1. The number of hydrogen-bond acceptors (Lipinski definition) is 9. The summed E-state index contributed by atoms with van der Waals surface area (Å²) in [5.74, 6) is -6.65. The van der Waals surface area contributed by atoms with Crippen LogP contribution in [0, 0.1) is 0 Å². The Morgan fingerprint density at radius 3 is 2.27 bits per heavy atom. The second-order valence-corrected chi connectivity index (χ2v) is 4.02. The molecule has 1 saturated heterocycles. The standard InChI is InChI=1S/C12H14O10/c1-4(13)19-8-7(9(11(16)17)20-5(2)14)22-12(18)10(8)21-6(3)15/h7-10H,1-3H3,(H,16,17)/t7-,8-,9-,10+/m0/s1/i1D,2D,3D. The lowest BCUT2D eigenvalue weighted by Crippen LogP contribution is -2.47. The van der Waals surface area contributed by atoms with Crippen molar-refractivity contribution in [3.63, 3.8) is 0 Å². The van der Waals surface area contributed by atoms with Crippen LogP contribution in [0.3, 0.4) is 0 Å². The summed E-state index contributed by atoms with van der Waals surface area (Å²) in [6.45, 7) is -2.68. The highest BCUT2D eigenvalue weighted by molar-refractivity contribution is 5.85. The molecule has 0 aromatic rings. The quantitative estimate of drug-likeness (QED) is 0.484. The molecule has 1 fully saturated rings. The number of carboxylic acids is 1. The Morgan fingerprint density at radius 1 is 1.14 bits per heavy atom. The van der Waals surface area contributed by atoms with Crippen LogP contribution in [0.2, 0.25) is 0 Å². The monoisotopic (exact) mass is 321 g/mol. The number of carboxylic acid groups (broad SMARTS) is 1. The maximum Gasteiger partial charge on any atom is 0.352 e. The minimum atomic E-state index is -2.13. The molecule has 22 heavy (non-hydrogen) atoms. The molecule has 10 nitrogen and oxygen atoms in total. The summed E-state index contributed by atoms with van der Waals surface area (Å²) in [5.41, 5.74) is 0. The van der Waals surface area contributed by atoms with E-state index in [1.165, 1.54) is 0 Å². The van der Waals surface area contributed by atoms with Gasteiger partial charge in [-0.25, -0.2) is 9.59 Å². The van der Waals surface area contributed by atoms with Gasteiger partial charge in [0.2, 0.25) is 12.2 Å². The number of cyclic esters (lactones) is 1. The Morgan fingerprint density at radius 2 is 1.73 bits per heavy atom. The van der Waals surface area contributed by atoms with Crippen LogP contribution in [0.5, 0.6) is 0 Å². The second-order valence-electron chi connectivity index (χ2n) is 4.02. The molecule has 0 saturated carbocycles. The molecule has 1 N–H and O–H groups in total. The molecule has 0 aromatic heterocycles. The smallest absolute Gasteiger partial charge is 0.352 e. The molecule has 1 aliphatic heterocycles. The van der Waals surface area contributed by atoms with Gasteiger partial charge in [-0.05, 0) is 0 Å². The van der Waals surface area contributed by atoms with E-state index < -0.39 is 75.0 Å². The second kappa shape index (κ2) is 6.87. The highest BCUT2D eigenvalue weighted by Gasteiger charge is 2.55. The maximum atomic E-state index is 11.8. The molecule has 1 heterocycles. The number of carbonyl (C=O) groups excluding carboxylic acids is 4. The third-order valence-corrected chi connectivity index (χ3v) is 2.43. The van der Waals surface area contributed by atoms with Gasteiger partial charge in [0.15, 0.2) is 12.2 Å². The average molecular weight is 321 g/mol. The number of aliphatic carboxylic acids is 1. The van der Waals surface area contributed by atoms with Crippen LogP contribution in [0.1, 0.15) is 24.8 Å². The highest BCUT2D eigenvalue weighted by Crippen LogP contribution is 2.26. The fourth-order valence-corrected chi connectivity index (χ4v) is 1.75. The zero-order chi connectivity index (χ0) is 19.1. The summed E-state index contributed by atoms with van der Waals surface area (Å²) in [5, 5.41) is 9.14. The van der Waals surface area contributed by atoms with E-state index >= 15 is 0 Å². The van der Waals surface area contributed by atoms with Gasteiger partial charge in [-0.2, -0.15) is 0 Å². The highest BCUT2D eigenvalue weighted by atomic mass is 16.7. The molecule has 0 radical (unpaired) electrons. The van der Waals surface area contributed by atoms with Crippen molar-refractivity contribution in [3.05, 3.63) is 0 Å². The maximum absolute atomic E-state index is 11.8. The topological polar surface area (TPSA) is 143 Å². The van der Waals surface area contributed by atoms with E-state index in [2.05, 4.69) is 9.47 Å². The van der Waals surface area contributed by atoms with E-state index in [9.17, 15) is 24.0 Å². The number of ether oxygens (including phenoxy) is 4. The van der Waals surface area contributed by atoms with E-state index in [4.69, 9.17) is 18.7 Å². The van der Waals surface area contributed by atoms with E-state index in [1.54, 1.807) is 0 Å². The largest absolute Gasteiger partial charge is 0.478 e. The van der Waals surface area contributed by atoms with Gasteiger partial charge in [0.25, 0.3) is 0 Å². The third kappa shape index (κ3) is 4.17. The van der Waals surface area contributed by atoms with E-state index in [0.717, 1.165) is 0 Å². The van der Waals surface area contributed by atoms with Crippen LogP contribution in [0.15, 0.2) is 0 Å². The predicted molar refractivity (Wildman–Crippen MR) is 64.2 cm³/mol. The summed E-state index contributed by atoms with van der Waals surface area (Å²) >= 11 is 0. The number of rotatable bonds is 5. The molecule has 0 spiro atoms. The minimum absolute atomic E-state index is 0.871. The lowest BCUT2D eigenvalue weighted by Gasteiger charge is -2.24. The van der Waals surface area contributed by atoms with Gasteiger partial charge in [-0.3, -0.25) is 14.4 Å². The van der Waals surface area contributed by atoms with Gasteiger partial charge in [0.1, 0.15) is 0 Å².